The van der Waals surface area contributed by atoms with E-state index in [0.717, 1.165) is 4.90 Å². The lowest BCUT2D eigenvalue weighted by molar-refractivity contribution is -0.160. The molecule has 0 saturated carbocycles. The zero-order valence-electron chi connectivity index (χ0n) is 22.5. The maximum Gasteiger partial charge on any atom is 0.343 e. The highest BCUT2D eigenvalue weighted by Crippen LogP contribution is 2.29. The first-order valence-corrected chi connectivity index (χ1v) is 13.0. The number of hydrogen-bond donors (Lipinski definition) is 4. The number of ketones is 1. The van der Waals surface area contributed by atoms with E-state index in [1.165, 1.54) is 48.5 Å². The quantitative estimate of drug-likeness (QED) is 0.0738. The molecule has 43 heavy (non-hydrogen) atoms. The van der Waals surface area contributed by atoms with E-state index < -0.39 is 53.6 Å². The van der Waals surface area contributed by atoms with Gasteiger partial charge in [0.15, 0.2) is 6.04 Å². The second-order valence-corrected chi connectivity index (χ2v) is 9.52. The van der Waals surface area contributed by atoms with E-state index in [0.29, 0.717) is 11.3 Å². The third-order valence-electron chi connectivity index (χ3n) is 6.56. The Bertz CT molecular complexity index is 1520. The van der Waals surface area contributed by atoms with Crippen LogP contribution in [-0.4, -0.2) is 75.9 Å². The second kappa shape index (κ2) is 13.4. The SMILES string of the molecule is NC(CCOc1ccc(C(=O)C(=O)NC2CN(C(C(=O)O)c3ccc(OC(=O)c4ccccc4)cc3)C2=O)cc1)C(=O)O. The van der Waals surface area contributed by atoms with Gasteiger partial charge >= 0.3 is 17.9 Å². The smallest absolute Gasteiger partial charge is 0.343 e. The van der Waals surface area contributed by atoms with Gasteiger partial charge in [0, 0.05) is 12.0 Å². The van der Waals surface area contributed by atoms with Crippen molar-refractivity contribution >= 4 is 35.5 Å². The van der Waals surface area contributed by atoms with Gasteiger partial charge in [-0.1, -0.05) is 30.3 Å². The minimum Gasteiger partial charge on any atom is -0.494 e. The van der Waals surface area contributed by atoms with Crippen molar-refractivity contribution in [3.63, 3.8) is 0 Å². The van der Waals surface area contributed by atoms with Gasteiger partial charge < -0.3 is 35.6 Å². The number of carboxylic acid groups (broad SMARTS) is 2. The molecule has 0 bridgehead atoms. The standard InChI is InChI=1S/C30H27N3O10/c31-22(28(37)38)14-15-42-20-10-8-18(9-11-20)25(34)26(35)32-23-16-33(27(23)36)24(29(39)40)17-6-12-21(13-7-17)43-30(41)19-4-2-1-3-5-19/h1-13,22-24H,14-16,31H2,(H,32,35)(H,37,38)(H,39,40). The van der Waals surface area contributed by atoms with E-state index in [1.54, 1.807) is 30.3 Å². The molecule has 1 heterocycles. The largest absolute Gasteiger partial charge is 0.494 e. The topological polar surface area (TPSA) is 203 Å². The predicted octanol–water partition coefficient (Wildman–Crippen LogP) is 1.42. The average molecular weight is 590 g/mol. The van der Waals surface area contributed by atoms with Crippen molar-refractivity contribution < 1.29 is 48.5 Å². The number of hydrogen-bond acceptors (Lipinski definition) is 9. The summed E-state index contributed by atoms with van der Waals surface area (Å²) in [5.74, 6) is -5.18. The normalized spacial score (nSPS) is 15.4. The maximum absolute atomic E-state index is 12.8. The number of likely N-dealkylation sites (tertiary alicyclic amines) is 1. The first-order valence-electron chi connectivity index (χ1n) is 13.0. The number of nitrogens with two attached hydrogens (primary N) is 1. The molecule has 1 saturated heterocycles. The molecule has 4 rings (SSSR count). The van der Waals surface area contributed by atoms with Crippen LogP contribution in [0.5, 0.6) is 11.5 Å². The number of Topliss-reactive ketones (excluding diaryl/α,β-unsaturated/α-hetero) is 1. The number of esters is 1. The summed E-state index contributed by atoms with van der Waals surface area (Å²) < 4.78 is 10.7. The van der Waals surface area contributed by atoms with Gasteiger partial charge in [0.1, 0.15) is 23.6 Å². The van der Waals surface area contributed by atoms with Crippen molar-refractivity contribution in [2.45, 2.75) is 24.5 Å². The second-order valence-electron chi connectivity index (χ2n) is 9.52. The Morgan fingerprint density at radius 3 is 2.07 bits per heavy atom. The van der Waals surface area contributed by atoms with Crippen LogP contribution in [0.25, 0.3) is 0 Å². The third kappa shape index (κ3) is 7.40. The molecule has 2 amide bonds. The third-order valence-corrected chi connectivity index (χ3v) is 6.56. The maximum atomic E-state index is 12.8. The number of benzene rings is 3. The monoisotopic (exact) mass is 589 g/mol. The molecule has 0 radical (unpaired) electrons. The summed E-state index contributed by atoms with van der Waals surface area (Å²) in [7, 11) is 0. The molecule has 3 unspecified atom stereocenters. The van der Waals surface area contributed by atoms with Gasteiger partial charge in [-0.25, -0.2) is 9.59 Å². The van der Waals surface area contributed by atoms with Crippen LogP contribution in [-0.2, 0) is 19.2 Å². The Labute approximate surface area is 244 Å². The van der Waals surface area contributed by atoms with E-state index in [9.17, 15) is 33.9 Å². The van der Waals surface area contributed by atoms with Gasteiger partial charge in [-0.2, -0.15) is 0 Å². The number of ether oxygens (including phenoxy) is 2. The lowest BCUT2D eigenvalue weighted by Gasteiger charge is -2.42. The number of aliphatic carboxylic acids is 2. The van der Waals surface area contributed by atoms with Crippen LogP contribution in [0, 0.1) is 0 Å². The molecule has 13 heteroatoms. The van der Waals surface area contributed by atoms with Gasteiger partial charge in [0.05, 0.1) is 18.7 Å². The van der Waals surface area contributed by atoms with Crippen molar-refractivity contribution in [1.82, 2.24) is 10.2 Å². The molecule has 222 valence electrons. The van der Waals surface area contributed by atoms with Gasteiger partial charge in [0.2, 0.25) is 11.7 Å². The van der Waals surface area contributed by atoms with Gasteiger partial charge in [-0.3, -0.25) is 19.2 Å². The summed E-state index contributed by atoms with van der Waals surface area (Å²) in [5.41, 5.74) is 6.02. The lowest BCUT2D eigenvalue weighted by Crippen LogP contribution is -2.66. The molecule has 0 spiro atoms. The highest BCUT2D eigenvalue weighted by atomic mass is 16.5. The molecule has 13 nitrogen and oxygen atoms in total. The summed E-state index contributed by atoms with van der Waals surface area (Å²) in [6, 6.07) is 16.0. The minimum absolute atomic E-state index is 0.0205. The van der Waals surface area contributed by atoms with Crippen molar-refractivity contribution in [2.24, 2.45) is 5.73 Å². The number of β-lactam (4-membered cyclic amide) rings is 1. The fourth-order valence-corrected chi connectivity index (χ4v) is 4.19. The van der Waals surface area contributed by atoms with Crippen LogP contribution in [0.3, 0.4) is 0 Å². The minimum atomic E-state index is -1.37. The summed E-state index contributed by atoms with van der Waals surface area (Å²) >= 11 is 0. The van der Waals surface area contributed by atoms with E-state index in [-0.39, 0.29) is 36.4 Å². The zero-order chi connectivity index (χ0) is 31.1. The van der Waals surface area contributed by atoms with Crippen LogP contribution in [0.2, 0.25) is 0 Å². The van der Waals surface area contributed by atoms with Crippen LogP contribution in [0.15, 0.2) is 78.9 Å². The van der Waals surface area contributed by atoms with Crippen molar-refractivity contribution in [3.8, 4) is 11.5 Å². The van der Waals surface area contributed by atoms with Crippen molar-refractivity contribution in [2.75, 3.05) is 13.2 Å². The summed E-state index contributed by atoms with van der Waals surface area (Å²) in [4.78, 5) is 74.0. The van der Waals surface area contributed by atoms with E-state index in [4.69, 9.17) is 20.3 Å². The molecule has 0 aliphatic carbocycles. The lowest BCUT2D eigenvalue weighted by atomic mass is 9.98. The molecule has 3 aromatic carbocycles. The number of nitrogens with zero attached hydrogens (tertiary/aromatic N) is 1. The Morgan fingerprint density at radius 2 is 1.49 bits per heavy atom. The molecule has 0 aromatic heterocycles. The summed E-state index contributed by atoms with van der Waals surface area (Å²) in [6.45, 7) is -0.116. The van der Waals surface area contributed by atoms with Gasteiger partial charge in [-0.05, 0) is 54.1 Å². The first-order chi connectivity index (χ1) is 20.5. The number of amides is 2. The van der Waals surface area contributed by atoms with Crippen molar-refractivity contribution in [1.29, 1.82) is 0 Å². The number of carbonyl (C=O) groups excluding carboxylic acids is 4. The predicted molar refractivity (Wildman–Crippen MR) is 148 cm³/mol. The molecule has 3 atom stereocenters. The number of nitrogens with one attached hydrogen (secondary N) is 1. The summed E-state index contributed by atoms with van der Waals surface area (Å²) in [6.07, 6.45) is 0.0725. The van der Waals surface area contributed by atoms with E-state index in [2.05, 4.69) is 5.32 Å². The molecule has 1 aliphatic heterocycles. The van der Waals surface area contributed by atoms with Crippen LogP contribution in [0.1, 0.15) is 38.7 Å². The van der Waals surface area contributed by atoms with Crippen LogP contribution in [0.4, 0.5) is 0 Å². The average Bonchev–Trinajstić information content (AvgIpc) is 3.01. The molecular formula is C30H27N3O10. The van der Waals surface area contributed by atoms with Gasteiger partial charge in [0.25, 0.3) is 5.91 Å². The molecule has 1 aliphatic rings. The fourth-order valence-electron chi connectivity index (χ4n) is 4.19. The number of carbonyl (C=O) groups is 6. The van der Waals surface area contributed by atoms with Gasteiger partial charge in [-0.15, -0.1) is 0 Å². The fraction of sp³-hybridized carbons (Fsp3) is 0.200. The van der Waals surface area contributed by atoms with E-state index >= 15 is 0 Å². The molecule has 1 fully saturated rings. The van der Waals surface area contributed by atoms with Crippen LogP contribution < -0.4 is 20.5 Å². The Kier molecular flexibility index (Phi) is 9.47. The first kappa shape index (κ1) is 30.4. The highest BCUT2D eigenvalue weighted by molar-refractivity contribution is 6.43. The number of carboxylic acids is 2. The molecule has 5 N–H and O–H groups in total. The zero-order valence-corrected chi connectivity index (χ0v) is 22.5. The van der Waals surface area contributed by atoms with E-state index in [1.807, 2.05) is 0 Å². The Hall–Kier alpha value is -5.56. The Balaban J connectivity index is 1.30. The molecule has 3 aromatic rings. The van der Waals surface area contributed by atoms with Crippen molar-refractivity contribution in [3.05, 3.63) is 95.6 Å². The Morgan fingerprint density at radius 1 is 0.860 bits per heavy atom. The molecular weight excluding hydrogens is 562 g/mol. The summed E-state index contributed by atoms with van der Waals surface area (Å²) in [5, 5.41) is 20.9. The highest BCUT2D eigenvalue weighted by Gasteiger charge is 2.45. The number of rotatable bonds is 13. The van der Waals surface area contributed by atoms with Crippen LogP contribution >= 0.6 is 0 Å².